The number of methoxy groups -OCH3 is 1. The molecule has 4 aliphatic carbocycles. The van der Waals surface area contributed by atoms with Crippen molar-refractivity contribution in [3.63, 3.8) is 0 Å². The van der Waals surface area contributed by atoms with Crippen LogP contribution in [0.25, 0.3) is 0 Å². The van der Waals surface area contributed by atoms with E-state index in [-0.39, 0.29) is 6.04 Å². The van der Waals surface area contributed by atoms with E-state index in [1.807, 2.05) is 0 Å². The van der Waals surface area contributed by atoms with Gasteiger partial charge >= 0.3 is 0 Å². The van der Waals surface area contributed by atoms with Gasteiger partial charge < -0.3 is 14.8 Å². The number of nitrogens with one attached hydrogen (secondary N) is 1. The van der Waals surface area contributed by atoms with Crippen LogP contribution in [0.1, 0.15) is 93.0 Å². The standard InChI is InChI=1S/C39H50N2O2/c1-3-4-10-35-22-33-23-36(43-18-17-42-2)15-16-37(33)38(41(35)27-28-8-6-5-7-9-28)32-11-13-34(14-12-32)40-39-24-29-19-30(25-39)21-31(20-29)26-39/h5-9,11-16,23,29-31,35,38,40H,3-4,10,17-22,24-27H2,1-2H3/t29?,30?,31?,35-,38-,39?/m0/s1. The van der Waals surface area contributed by atoms with Crippen molar-refractivity contribution in [2.24, 2.45) is 17.8 Å². The van der Waals surface area contributed by atoms with E-state index < -0.39 is 0 Å². The largest absolute Gasteiger partial charge is 0.491 e. The van der Waals surface area contributed by atoms with E-state index in [0.29, 0.717) is 24.8 Å². The first-order valence-electron chi connectivity index (χ1n) is 17.0. The molecule has 3 aromatic rings. The van der Waals surface area contributed by atoms with Gasteiger partial charge in [0.2, 0.25) is 0 Å². The first-order valence-corrected chi connectivity index (χ1v) is 17.0. The fourth-order valence-electron chi connectivity index (χ4n) is 9.53. The third-order valence-corrected chi connectivity index (χ3v) is 11.0. The molecule has 0 spiro atoms. The van der Waals surface area contributed by atoms with E-state index in [1.165, 1.54) is 85.7 Å². The fourth-order valence-corrected chi connectivity index (χ4v) is 9.53. The molecule has 0 saturated heterocycles. The fraction of sp³-hybridized carbons (Fsp3) is 0.538. The van der Waals surface area contributed by atoms with E-state index in [9.17, 15) is 0 Å². The number of hydrogen-bond donors (Lipinski definition) is 1. The van der Waals surface area contributed by atoms with Crippen LogP contribution in [-0.2, 0) is 17.7 Å². The lowest BCUT2D eigenvalue weighted by Crippen LogP contribution is -2.54. The number of ether oxygens (including phenoxy) is 2. The van der Waals surface area contributed by atoms with Gasteiger partial charge in [0.1, 0.15) is 12.4 Å². The summed E-state index contributed by atoms with van der Waals surface area (Å²) in [6.45, 7) is 4.45. The number of benzene rings is 3. The van der Waals surface area contributed by atoms with Crippen molar-refractivity contribution in [2.75, 3.05) is 25.6 Å². The van der Waals surface area contributed by atoms with Gasteiger partial charge in [0.25, 0.3) is 0 Å². The summed E-state index contributed by atoms with van der Waals surface area (Å²) in [6.07, 6.45) is 13.3. The highest BCUT2D eigenvalue weighted by atomic mass is 16.5. The SMILES string of the molecule is CCCC[C@H]1Cc2cc(OCCOC)ccc2[C@H](c2ccc(NC34CC5CC(CC(C5)C3)C4)cc2)N1Cc1ccccc1. The van der Waals surface area contributed by atoms with Crippen molar-refractivity contribution < 1.29 is 9.47 Å². The summed E-state index contributed by atoms with van der Waals surface area (Å²) in [7, 11) is 1.73. The molecule has 4 fully saturated rings. The molecule has 8 rings (SSSR count). The lowest BCUT2D eigenvalue weighted by molar-refractivity contribution is 0.0107. The van der Waals surface area contributed by atoms with Crippen LogP contribution in [0.5, 0.6) is 5.75 Å². The van der Waals surface area contributed by atoms with Crippen LogP contribution in [0, 0.1) is 17.8 Å². The monoisotopic (exact) mass is 578 g/mol. The highest BCUT2D eigenvalue weighted by Crippen LogP contribution is 2.56. The Bertz CT molecular complexity index is 1320. The maximum Gasteiger partial charge on any atom is 0.119 e. The third-order valence-electron chi connectivity index (χ3n) is 11.0. The Hall–Kier alpha value is -2.82. The van der Waals surface area contributed by atoms with Crippen LogP contribution < -0.4 is 10.1 Å². The lowest BCUT2D eigenvalue weighted by Gasteiger charge is -2.57. The summed E-state index contributed by atoms with van der Waals surface area (Å²) >= 11 is 0. The molecule has 5 aliphatic rings. The Morgan fingerprint density at radius 3 is 2.26 bits per heavy atom. The minimum atomic E-state index is 0.215. The zero-order chi connectivity index (χ0) is 29.2. The first kappa shape index (κ1) is 28.9. The van der Waals surface area contributed by atoms with E-state index in [4.69, 9.17) is 9.47 Å². The van der Waals surface area contributed by atoms with Gasteiger partial charge in [0.15, 0.2) is 0 Å². The second-order valence-electron chi connectivity index (χ2n) is 14.2. The molecule has 1 aliphatic heterocycles. The summed E-state index contributed by atoms with van der Waals surface area (Å²) in [5.74, 6) is 3.81. The molecule has 4 heteroatoms. The predicted molar refractivity (Wildman–Crippen MR) is 176 cm³/mol. The Balaban J connectivity index is 1.20. The second-order valence-corrected chi connectivity index (χ2v) is 14.2. The molecule has 4 bridgehead atoms. The Kier molecular flexibility index (Phi) is 8.51. The highest BCUT2D eigenvalue weighted by molar-refractivity contribution is 5.51. The molecule has 0 aromatic heterocycles. The molecule has 0 radical (unpaired) electrons. The Morgan fingerprint density at radius 1 is 0.860 bits per heavy atom. The van der Waals surface area contributed by atoms with E-state index in [0.717, 1.165) is 36.5 Å². The number of anilines is 1. The van der Waals surface area contributed by atoms with Gasteiger partial charge in [0.05, 0.1) is 12.6 Å². The molecule has 0 unspecified atom stereocenters. The summed E-state index contributed by atoms with van der Waals surface area (Å²) in [5, 5.41) is 4.12. The van der Waals surface area contributed by atoms with Gasteiger partial charge in [-0.3, -0.25) is 4.90 Å². The zero-order valence-corrected chi connectivity index (χ0v) is 26.3. The third kappa shape index (κ3) is 6.24. The minimum absolute atomic E-state index is 0.215. The quantitative estimate of drug-likeness (QED) is 0.218. The molecule has 4 nitrogen and oxygen atoms in total. The summed E-state index contributed by atoms with van der Waals surface area (Å²) in [5.41, 5.74) is 7.27. The van der Waals surface area contributed by atoms with Crippen LogP contribution in [-0.4, -0.2) is 36.8 Å². The topological polar surface area (TPSA) is 33.7 Å². The van der Waals surface area contributed by atoms with Crippen LogP contribution in [0.15, 0.2) is 72.8 Å². The maximum absolute atomic E-state index is 6.08. The molecular weight excluding hydrogens is 528 g/mol. The van der Waals surface area contributed by atoms with Crippen LogP contribution in [0.3, 0.4) is 0 Å². The second kappa shape index (κ2) is 12.7. The van der Waals surface area contributed by atoms with E-state index in [1.54, 1.807) is 7.11 Å². The zero-order valence-electron chi connectivity index (χ0n) is 26.3. The van der Waals surface area contributed by atoms with Crippen molar-refractivity contribution in [3.8, 4) is 5.75 Å². The first-order chi connectivity index (χ1) is 21.1. The van der Waals surface area contributed by atoms with E-state index in [2.05, 4.69) is 89.9 Å². The number of nitrogens with zero attached hydrogens (tertiary/aromatic N) is 1. The highest BCUT2D eigenvalue weighted by Gasteiger charge is 2.51. The van der Waals surface area contributed by atoms with Crippen molar-refractivity contribution in [1.29, 1.82) is 0 Å². The van der Waals surface area contributed by atoms with Gasteiger partial charge in [-0.15, -0.1) is 0 Å². The molecule has 1 heterocycles. The summed E-state index contributed by atoms with van der Waals surface area (Å²) in [4.78, 5) is 2.79. The van der Waals surface area contributed by atoms with Gasteiger partial charge in [-0.25, -0.2) is 0 Å². The van der Waals surface area contributed by atoms with Crippen LogP contribution in [0.4, 0.5) is 5.69 Å². The van der Waals surface area contributed by atoms with Crippen molar-refractivity contribution in [2.45, 2.75) is 95.3 Å². The minimum Gasteiger partial charge on any atom is -0.491 e. The lowest BCUT2D eigenvalue weighted by atomic mass is 9.53. The molecule has 3 aromatic carbocycles. The molecule has 1 N–H and O–H groups in total. The molecule has 0 amide bonds. The van der Waals surface area contributed by atoms with Crippen molar-refractivity contribution >= 4 is 5.69 Å². The van der Waals surface area contributed by atoms with Gasteiger partial charge in [-0.2, -0.15) is 0 Å². The average molecular weight is 579 g/mol. The average Bonchev–Trinajstić information content (AvgIpc) is 3.00. The van der Waals surface area contributed by atoms with Gasteiger partial charge in [0, 0.05) is 30.9 Å². The molecule has 228 valence electrons. The van der Waals surface area contributed by atoms with Crippen LogP contribution in [0.2, 0.25) is 0 Å². The van der Waals surface area contributed by atoms with Crippen molar-refractivity contribution in [1.82, 2.24) is 4.90 Å². The molecule has 43 heavy (non-hydrogen) atoms. The Labute approximate surface area is 259 Å². The van der Waals surface area contributed by atoms with Crippen molar-refractivity contribution in [3.05, 3.63) is 95.1 Å². The van der Waals surface area contributed by atoms with E-state index >= 15 is 0 Å². The molecular formula is C39H50N2O2. The summed E-state index contributed by atoms with van der Waals surface area (Å²) < 4.78 is 11.3. The maximum atomic E-state index is 6.08. The Morgan fingerprint density at radius 2 is 1.58 bits per heavy atom. The van der Waals surface area contributed by atoms with Crippen LogP contribution >= 0.6 is 0 Å². The summed E-state index contributed by atoms with van der Waals surface area (Å²) in [6, 6.07) is 28.2. The number of rotatable bonds is 12. The number of fused-ring (bicyclic) bond motifs is 1. The molecule has 2 atom stereocenters. The number of unbranched alkanes of at least 4 members (excludes halogenated alkanes) is 1. The smallest absolute Gasteiger partial charge is 0.119 e. The normalized spacial score (nSPS) is 29.4. The predicted octanol–water partition coefficient (Wildman–Crippen LogP) is 8.80. The van der Waals surface area contributed by atoms with Gasteiger partial charge in [-0.05, 0) is 116 Å². The van der Waals surface area contributed by atoms with Gasteiger partial charge in [-0.1, -0.05) is 68.3 Å². The molecule has 4 saturated carbocycles. The number of hydrogen-bond acceptors (Lipinski definition) is 4.